The summed E-state index contributed by atoms with van der Waals surface area (Å²) in [4.78, 5) is 0. The van der Waals surface area contributed by atoms with Crippen LogP contribution in [0.15, 0.2) is 16.3 Å². The molecule has 1 aromatic rings. The maximum absolute atomic E-state index is 12.0. The van der Waals surface area contributed by atoms with Crippen molar-refractivity contribution in [2.24, 2.45) is 5.92 Å². The SMILES string of the molecule is O=S(=O)(O)O.[CH2-]C(NS(=O)(=O)c1ccc(Cl)s1)C(CC)CC.[Na+]. The molecule has 1 aromatic heterocycles. The third-order valence-corrected chi connectivity index (χ3v) is 5.95. The molecular weight excluding hydrogens is 397 g/mol. The Hall–Kier alpha value is 0.770. The van der Waals surface area contributed by atoms with Gasteiger partial charge in [0, 0.05) is 0 Å². The predicted octanol–water partition coefficient (Wildman–Crippen LogP) is -0.330. The summed E-state index contributed by atoms with van der Waals surface area (Å²) in [5.74, 6) is 0.250. The molecule has 0 saturated carbocycles. The van der Waals surface area contributed by atoms with Crippen molar-refractivity contribution < 1.29 is 55.5 Å². The zero-order valence-corrected chi connectivity index (χ0v) is 18.3. The molecule has 23 heavy (non-hydrogen) atoms. The van der Waals surface area contributed by atoms with Gasteiger partial charge < -0.3 is 6.92 Å². The summed E-state index contributed by atoms with van der Waals surface area (Å²) < 4.78 is 58.9. The summed E-state index contributed by atoms with van der Waals surface area (Å²) in [6.07, 6.45) is 1.80. The molecule has 0 radical (unpaired) electrons. The standard InChI is InChI=1S/C11H17ClNO2S2.Na.H2O4S/c1-4-9(5-2)8(3)13-17(14,15)11-7-6-10(12)16-11;;1-5(2,3)4/h6-9,13H,3-5H2,1-2H3;;(H2,1,2,3,4)/q-1;+1;. The van der Waals surface area contributed by atoms with Crippen molar-refractivity contribution in [2.45, 2.75) is 36.9 Å². The van der Waals surface area contributed by atoms with E-state index in [0.29, 0.717) is 4.34 Å². The fraction of sp³-hybridized carbons (Fsp3) is 0.545. The largest absolute Gasteiger partial charge is 1.00 e. The van der Waals surface area contributed by atoms with Crippen LogP contribution in [-0.2, 0) is 20.4 Å². The number of hydrogen-bond donors (Lipinski definition) is 3. The van der Waals surface area contributed by atoms with Crippen molar-refractivity contribution in [1.29, 1.82) is 0 Å². The van der Waals surface area contributed by atoms with Gasteiger partial charge in [0.2, 0.25) is 10.0 Å². The van der Waals surface area contributed by atoms with E-state index < -0.39 is 20.4 Å². The Morgan fingerprint density at radius 3 is 1.96 bits per heavy atom. The second-order valence-corrected chi connectivity index (χ2v) is 8.86. The number of rotatable bonds is 6. The van der Waals surface area contributed by atoms with Crippen LogP contribution in [0.2, 0.25) is 4.34 Å². The van der Waals surface area contributed by atoms with E-state index in [1.54, 1.807) is 6.07 Å². The fourth-order valence-electron chi connectivity index (χ4n) is 1.65. The van der Waals surface area contributed by atoms with Gasteiger partial charge in [0.25, 0.3) is 0 Å². The van der Waals surface area contributed by atoms with Crippen LogP contribution in [-0.4, -0.2) is 32.0 Å². The van der Waals surface area contributed by atoms with E-state index in [4.69, 9.17) is 29.1 Å². The van der Waals surface area contributed by atoms with Crippen LogP contribution in [0.25, 0.3) is 0 Å². The van der Waals surface area contributed by atoms with Crippen molar-refractivity contribution in [3.05, 3.63) is 23.4 Å². The number of hydrogen-bond acceptors (Lipinski definition) is 5. The van der Waals surface area contributed by atoms with Crippen molar-refractivity contribution in [2.75, 3.05) is 0 Å². The van der Waals surface area contributed by atoms with Gasteiger partial charge in [-0.2, -0.15) is 8.42 Å². The first-order valence-electron chi connectivity index (χ1n) is 6.21. The summed E-state index contributed by atoms with van der Waals surface area (Å²) in [6.45, 7) is 7.94. The van der Waals surface area contributed by atoms with E-state index in [1.165, 1.54) is 6.07 Å². The summed E-state index contributed by atoms with van der Waals surface area (Å²) in [5.41, 5.74) is 0. The van der Waals surface area contributed by atoms with E-state index >= 15 is 0 Å². The average Bonchev–Trinajstić information content (AvgIpc) is 2.75. The predicted molar refractivity (Wildman–Crippen MR) is 87.0 cm³/mol. The molecule has 0 fully saturated rings. The minimum Gasteiger partial charge on any atom is -0.325 e. The molecule has 130 valence electrons. The molecule has 3 N–H and O–H groups in total. The molecule has 0 aliphatic heterocycles. The Kier molecular flexibility index (Phi) is 12.9. The topological polar surface area (TPSA) is 121 Å². The zero-order valence-electron chi connectivity index (χ0n) is 13.1. The first-order chi connectivity index (χ1) is 9.90. The van der Waals surface area contributed by atoms with Gasteiger partial charge in [0.1, 0.15) is 4.21 Å². The van der Waals surface area contributed by atoms with Crippen LogP contribution in [0.1, 0.15) is 26.7 Å². The Balaban J connectivity index is 0. The minimum absolute atomic E-state index is 0. The normalized spacial score (nSPS) is 13.0. The third-order valence-electron chi connectivity index (χ3n) is 2.74. The number of halogens is 1. The summed E-state index contributed by atoms with van der Waals surface area (Å²) >= 11 is 6.78. The maximum Gasteiger partial charge on any atom is 1.00 e. The van der Waals surface area contributed by atoms with Crippen LogP contribution < -0.4 is 34.3 Å². The van der Waals surface area contributed by atoms with Crippen molar-refractivity contribution in [3.8, 4) is 0 Å². The fourth-order valence-corrected chi connectivity index (χ4v) is 4.37. The van der Waals surface area contributed by atoms with Crippen LogP contribution in [0.3, 0.4) is 0 Å². The second kappa shape index (κ2) is 11.4. The van der Waals surface area contributed by atoms with Gasteiger partial charge in [-0.25, -0.2) is 13.1 Å². The molecule has 1 atom stereocenters. The van der Waals surface area contributed by atoms with Crippen LogP contribution in [0.5, 0.6) is 0 Å². The Bertz CT molecular complexity index is 649. The van der Waals surface area contributed by atoms with Gasteiger partial charge in [0.15, 0.2) is 0 Å². The van der Waals surface area contributed by atoms with Gasteiger partial charge in [-0.15, -0.1) is 17.4 Å². The Labute approximate surface area is 168 Å². The minimum atomic E-state index is -4.67. The monoisotopic (exact) mass is 415 g/mol. The first kappa shape index (κ1) is 26.0. The number of thiophene rings is 1. The molecule has 1 heterocycles. The van der Waals surface area contributed by atoms with E-state index in [9.17, 15) is 8.42 Å². The van der Waals surface area contributed by atoms with E-state index in [0.717, 1.165) is 24.2 Å². The Morgan fingerprint density at radius 1 is 1.22 bits per heavy atom. The molecule has 7 nitrogen and oxygen atoms in total. The summed E-state index contributed by atoms with van der Waals surface area (Å²) in [7, 11) is -8.15. The molecule has 0 aliphatic carbocycles. The summed E-state index contributed by atoms with van der Waals surface area (Å²) in [5, 5.41) is 0. The van der Waals surface area contributed by atoms with Gasteiger partial charge in [-0.05, 0) is 12.1 Å². The van der Waals surface area contributed by atoms with Gasteiger partial charge in [-0.1, -0.05) is 44.2 Å². The summed E-state index contributed by atoms with van der Waals surface area (Å²) in [6, 6.07) is 2.78. The third kappa shape index (κ3) is 11.9. The molecule has 0 saturated heterocycles. The maximum atomic E-state index is 12.0. The molecule has 0 spiro atoms. The van der Waals surface area contributed by atoms with Crippen LogP contribution in [0, 0.1) is 12.8 Å². The molecular formula is C11H19ClNNaO6S3. The van der Waals surface area contributed by atoms with Gasteiger partial charge in [0.05, 0.1) is 4.34 Å². The van der Waals surface area contributed by atoms with Crippen LogP contribution >= 0.6 is 22.9 Å². The smallest absolute Gasteiger partial charge is 0.325 e. The van der Waals surface area contributed by atoms with Gasteiger partial charge in [-0.3, -0.25) is 9.11 Å². The first-order valence-corrected chi connectivity index (χ1v) is 10.3. The molecule has 1 unspecified atom stereocenters. The van der Waals surface area contributed by atoms with Gasteiger partial charge >= 0.3 is 40.0 Å². The van der Waals surface area contributed by atoms with E-state index in [1.807, 2.05) is 13.8 Å². The molecule has 0 amide bonds. The van der Waals surface area contributed by atoms with Crippen LogP contribution in [0.4, 0.5) is 0 Å². The average molecular weight is 416 g/mol. The van der Waals surface area contributed by atoms with Crippen molar-refractivity contribution in [1.82, 2.24) is 4.72 Å². The molecule has 1 rings (SSSR count). The molecule has 0 aliphatic rings. The van der Waals surface area contributed by atoms with E-state index in [-0.39, 0.29) is 45.7 Å². The Morgan fingerprint density at radius 2 is 1.65 bits per heavy atom. The van der Waals surface area contributed by atoms with E-state index in [2.05, 4.69) is 11.6 Å². The molecule has 0 aromatic carbocycles. The number of sulfonamides is 1. The molecule has 0 bridgehead atoms. The second-order valence-electron chi connectivity index (χ2n) is 4.31. The quantitative estimate of drug-likeness (QED) is 0.332. The van der Waals surface area contributed by atoms with Crippen molar-refractivity contribution in [3.63, 3.8) is 0 Å². The molecule has 12 heteroatoms. The zero-order chi connectivity index (χ0) is 17.6. The van der Waals surface area contributed by atoms with Crippen molar-refractivity contribution >= 4 is 43.4 Å². The number of nitrogens with one attached hydrogen (secondary N) is 1.